The van der Waals surface area contributed by atoms with Crippen LogP contribution >= 0.6 is 11.3 Å². The largest absolute Gasteiger partial charge is 0.467 e. The Balaban J connectivity index is 1.89. The first-order valence-electron chi connectivity index (χ1n) is 6.12. The second kappa shape index (κ2) is 6.00. The number of hydrogen-bond acceptors (Lipinski definition) is 4. The van der Waals surface area contributed by atoms with Crippen LogP contribution in [0.4, 0.5) is 0 Å². The SMILES string of the molecule is COC(=O)C1CCCN1C(=O)CCc1cccs1. The Morgan fingerprint density at radius 2 is 2.39 bits per heavy atom. The number of esters is 1. The van der Waals surface area contributed by atoms with E-state index in [9.17, 15) is 9.59 Å². The van der Waals surface area contributed by atoms with Crippen molar-refractivity contribution >= 4 is 23.2 Å². The molecule has 1 aliphatic rings. The number of carbonyl (C=O) groups excluding carboxylic acids is 2. The van der Waals surface area contributed by atoms with Crippen molar-refractivity contribution in [1.29, 1.82) is 0 Å². The maximum atomic E-state index is 12.1. The number of nitrogens with zero attached hydrogens (tertiary/aromatic N) is 1. The van der Waals surface area contributed by atoms with E-state index < -0.39 is 0 Å². The summed E-state index contributed by atoms with van der Waals surface area (Å²) in [7, 11) is 1.37. The highest BCUT2D eigenvalue weighted by molar-refractivity contribution is 7.09. The fourth-order valence-electron chi connectivity index (χ4n) is 2.27. The summed E-state index contributed by atoms with van der Waals surface area (Å²) in [5, 5.41) is 2.01. The number of hydrogen-bond donors (Lipinski definition) is 0. The molecule has 1 amide bonds. The Morgan fingerprint density at radius 3 is 3.06 bits per heavy atom. The summed E-state index contributed by atoms with van der Waals surface area (Å²) in [6.45, 7) is 0.670. The van der Waals surface area contributed by atoms with Gasteiger partial charge in [-0.25, -0.2) is 4.79 Å². The summed E-state index contributed by atoms with van der Waals surface area (Å²) in [5.41, 5.74) is 0. The van der Waals surface area contributed by atoms with Crippen molar-refractivity contribution in [2.24, 2.45) is 0 Å². The second-order valence-corrected chi connectivity index (χ2v) is 5.38. The first-order chi connectivity index (χ1) is 8.72. The highest BCUT2D eigenvalue weighted by Gasteiger charge is 2.34. The van der Waals surface area contributed by atoms with E-state index in [1.54, 1.807) is 16.2 Å². The lowest BCUT2D eigenvalue weighted by atomic mass is 10.2. The van der Waals surface area contributed by atoms with Crippen LogP contribution in [0.3, 0.4) is 0 Å². The minimum absolute atomic E-state index is 0.0521. The fourth-order valence-corrected chi connectivity index (χ4v) is 2.98. The molecule has 0 radical (unpaired) electrons. The number of amides is 1. The molecule has 5 heteroatoms. The van der Waals surface area contributed by atoms with Gasteiger partial charge >= 0.3 is 5.97 Å². The number of likely N-dealkylation sites (tertiary alicyclic amines) is 1. The molecular formula is C13H17NO3S. The standard InChI is InChI=1S/C13H17NO3S/c1-17-13(16)11-5-2-8-14(11)12(15)7-6-10-4-3-9-18-10/h3-4,9,11H,2,5-8H2,1H3. The lowest BCUT2D eigenvalue weighted by Gasteiger charge is -2.22. The molecule has 1 aliphatic heterocycles. The predicted molar refractivity (Wildman–Crippen MR) is 69.4 cm³/mol. The monoisotopic (exact) mass is 267 g/mol. The van der Waals surface area contributed by atoms with Gasteiger partial charge in [-0.1, -0.05) is 6.07 Å². The average Bonchev–Trinajstić information content (AvgIpc) is 3.05. The van der Waals surface area contributed by atoms with Crippen LogP contribution in [-0.4, -0.2) is 36.5 Å². The van der Waals surface area contributed by atoms with Gasteiger partial charge in [0.2, 0.25) is 5.91 Å². The van der Waals surface area contributed by atoms with Crippen molar-refractivity contribution in [3.8, 4) is 0 Å². The normalized spacial score (nSPS) is 18.9. The number of carbonyl (C=O) groups is 2. The van der Waals surface area contributed by atoms with Crippen LogP contribution in [-0.2, 0) is 20.7 Å². The number of methoxy groups -OCH3 is 1. The van der Waals surface area contributed by atoms with Gasteiger partial charge in [0.05, 0.1) is 7.11 Å². The quantitative estimate of drug-likeness (QED) is 0.782. The summed E-state index contributed by atoms with van der Waals surface area (Å²) >= 11 is 1.66. The summed E-state index contributed by atoms with van der Waals surface area (Å²) < 4.78 is 4.73. The molecule has 0 bridgehead atoms. The lowest BCUT2D eigenvalue weighted by Crippen LogP contribution is -2.41. The zero-order chi connectivity index (χ0) is 13.0. The molecular weight excluding hydrogens is 250 g/mol. The molecule has 1 saturated heterocycles. The number of thiophene rings is 1. The van der Waals surface area contributed by atoms with Gasteiger partial charge in [-0.05, 0) is 30.7 Å². The van der Waals surface area contributed by atoms with Crippen molar-refractivity contribution < 1.29 is 14.3 Å². The molecule has 0 aliphatic carbocycles. The van der Waals surface area contributed by atoms with Gasteiger partial charge in [0.1, 0.15) is 6.04 Å². The van der Waals surface area contributed by atoms with Gasteiger partial charge in [0.25, 0.3) is 0 Å². The third-order valence-electron chi connectivity index (χ3n) is 3.21. The molecule has 0 saturated carbocycles. The molecule has 2 heterocycles. The smallest absolute Gasteiger partial charge is 0.328 e. The topological polar surface area (TPSA) is 46.6 Å². The van der Waals surface area contributed by atoms with Gasteiger partial charge in [0, 0.05) is 17.8 Å². The molecule has 2 rings (SSSR count). The average molecular weight is 267 g/mol. The number of ether oxygens (including phenoxy) is 1. The lowest BCUT2D eigenvalue weighted by molar-refractivity contribution is -0.150. The van der Waals surface area contributed by atoms with Crippen LogP contribution in [0.5, 0.6) is 0 Å². The Hall–Kier alpha value is -1.36. The summed E-state index contributed by atoms with van der Waals surface area (Å²) in [5.74, 6) is -0.242. The summed E-state index contributed by atoms with van der Waals surface area (Å²) in [4.78, 5) is 26.5. The number of rotatable bonds is 4. The molecule has 98 valence electrons. The van der Waals surface area contributed by atoms with Crippen LogP contribution in [0.25, 0.3) is 0 Å². The Morgan fingerprint density at radius 1 is 1.56 bits per heavy atom. The minimum atomic E-state index is -0.370. The van der Waals surface area contributed by atoms with E-state index in [-0.39, 0.29) is 17.9 Å². The van der Waals surface area contributed by atoms with E-state index in [2.05, 4.69) is 0 Å². The molecule has 1 unspecified atom stereocenters. The minimum Gasteiger partial charge on any atom is -0.467 e. The summed E-state index contributed by atoms with van der Waals surface area (Å²) in [6.07, 6.45) is 2.82. The second-order valence-electron chi connectivity index (χ2n) is 4.35. The maximum Gasteiger partial charge on any atom is 0.328 e. The first-order valence-corrected chi connectivity index (χ1v) is 7.00. The zero-order valence-electron chi connectivity index (χ0n) is 10.4. The molecule has 4 nitrogen and oxygen atoms in total. The van der Waals surface area contributed by atoms with Crippen molar-refractivity contribution in [2.75, 3.05) is 13.7 Å². The van der Waals surface area contributed by atoms with Gasteiger partial charge in [0.15, 0.2) is 0 Å². The van der Waals surface area contributed by atoms with Crippen molar-refractivity contribution in [3.05, 3.63) is 22.4 Å². The highest BCUT2D eigenvalue weighted by atomic mass is 32.1. The van der Waals surface area contributed by atoms with Crippen LogP contribution < -0.4 is 0 Å². The highest BCUT2D eigenvalue weighted by Crippen LogP contribution is 2.20. The van der Waals surface area contributed by atoms with Crippen LogP contribution in [0, 0.1) is 0 Å². The number of aryl methyl sites for hydroxylation is 1. The third-order valence-corrected chi connectivity index (χ3v) is 4.15. The van der Waals surface area contributed by atoms with E-state index in [0.29, 0.717) is 13.0 Å². The molecule has 1 fully saturated rings. The molecule has 1 aromatic heterocycles. The molecule has 1 aromatic rings. The van der Waals surface area contributed by atoms with Crippen molar-refractivity contribution in [3.63, 3.8) is 0 Å². The van der Waals surface area contributed by atoms with Gasteiger partial charge in [-0.3, -0.25) is 4.79 Å². The van der Waals surface area contributed by atoms with E-state index in [1.165, 1.54) is 12.0 Å². The Bertz CT molecular complexity index is 416. The maximum absolute atomic E-state index is 12.1. The van der Waals surface area contributed by atoms with Crippen LogP contribution in [0.15, 0.2) is 17.5 Å². The molecule has 0 aromatic carbocycles. The molecule has 0 spiro atoms. The molecule has 0 N–H and O–H groups in total. The van der Waals surface area contributed by atoms with E-state index in [4.69, 9.17) is 4.74 Å². The van der Waals surface area contributed by atoms with E-state index >= 15 is 0 Å². The van der Waals surface area contributed by atoms with Crippen LogP contribution in [0.1, 0.15) is 24.1 Å². The third kappa shape index (κ3) is 2.90. The predicted octanol–water partition coefficient (Wildman–Crippen LogP) is 1.84. The molecule has 18 heavy (non-hydrogen) atoms. The zero-order valence-corrected chi connectivity index (χ0v) is 11.2. The van der Waals surface area contributed by atoms with Gasteiger partial charge in [-0.15, -0.1) is 11.3 Å². The van der Waals surface area contributed by atoms with Crippen molar-refractivity contribution in [1.82, 2.24) is 4.90 Å². The molecule has 1 atom stereocenters. The fraction of sp³-hybridized carbons (Fsp3) is 0.538. The summed E-state index contributed by atoms with van der Waals surface area (Å²) in [6, 6.07) is 3.64. The van der Waals surface area contributed by atoms with Crippen molar-refractivity contribution in [2.45, 2.75) is 31.7 Å². The Labute approximate surface area is 111 Å². The first kappa shape index (κ1) is 13.1. The van der Waals surface area contributed by atoms with Crippen LogP contribution in [0.2, 0.25) is 0 Å². The van der Waals surface area contributed by atoms with Gasteiger partial charge in [-0.2, -0.15) is 0 Å². The van der Waals surface area contributed by atoms with Gasteiger partial charge < -0.3 is 9.64 Å². The van der Waals surface area contributed by atoms with E-state index in [0.717, 1.165) is 19.3 Å². The Kier molecular flexibility index (Phi) is 4.36. The van der Waals surface area contributed by atoms with E-state index in [1.807, 2.05) is 17.5 Å².